The van der Waals surface area contributed by atoms with Crippen molar-refractivity contribution in [3.63, 3.8) is 0 Å². The number of carbonyl (C=O) groups is 1. The molecule has 1 unspecified atom stereocenters. The van der Waals surface area contributed by atoms with Crippen molar-refractivity contribution in [3.8, 4) is 5.75 Å². The highest BCUT2D eigenvalue weighted by atomic mass is 32.1. The highest BCUT2D eigenvalue weighted by Crippen LogP contribution is 2.31. The van der Waals surface area contributed by atoms with Gasteiger partial charge < -0.3 is 14.2 Å². The number of nitro benzene ring substituents is 1. The van der Waals surface area contributed by atoms with Crippen LogP contribution in [0.5, 0.6) is 5.75 Å². The molecule has 38 heavy (non-hydrogen) atoms. The molecule has 2 aromatic carbocycles. The van der Waals surface area contributed by atoms with Gasteiger partial charge in [0.05, 0.1) is 40.0 Å². The molecule has 4 rings (SSSR count). The molecule has 10 nitrogen and oxygen atoms in total. The van der Waals surface area contributed by atoms with Crippen LogP contribution in [0.1, 0.15) is 37.4 Å². The average Bonchev–Trinajstić information content (AvgIpc) is 3.21. The van der Waals surface area contributed by atoms with Gasteiger partial charge in [-0.25, -0.2) is 9.79 Å². The monoisotopic (exact) mass is 537 g/mol. The molecule has 2 heterocycles. The molecule has 0 saturated carbocycles. The SMILES string of the molecule is CCCOc1ccc(C2C(C(=O)OCCOC)=C(C)N=c3s/c(=C\c4cccc([N+](=O)[O-])c4)c(=O)n32)cc1. The summed E-state index contributed by atoms with van der Waals surface area (Å²) in [5.41, 5.74) is 1.43. The van der Waals surface area contributed by atoms with Gasteiger partial charge in [0.25, 0.3) is 11.2 Å². The fraction of sp³-hybridized carbons (Fsp3) is 0.296. The number of carbonyl (C=O) groups excluding carboxylic acids is 1. The number of aromatic nitrogens is 1. The van der Waals surface area contributed by atoms with Crippen LogP contribution in [0.4, 0.5) is 5.69 Å². The Bertz CT molecular complexity index is 1550. The Kier molecular flexibility index (Phi) is 8.49. The number of ether oxygens (including phenoxy) is 3. The van der Waals surface area contributed by atoms with Crippen LogP contribution in [0.3, 0.4) is 0 Å². The molecule has 0 radical (unpaired) electrons. The Morgan fingerprint density at radius 2 is 1.95 bits per heavy atom. The van der Waals surface area contributed by atoms with Crippen LogP contribution < -0.4 is 19.6 Å². The molecule has 1 aliphatic rings. The number of benzene rings is 2. The van der Waals surface area contributed by atoms with E-state index in [1.165, 1.54) is 23.8 Å². The molecule has 1 aliphatic heterocycles. The third-order valence-corrected chi connectivity index (χ3v) is 6.79. The Morgan fingerprint density at radius 1 is 1.18 bits per heavy atom. The molecule has 198 valence electrons. The van der Waals surface area contributed by atoms with E-state index in [4.69, 9.17) is 14.2 Å². The summed E-state index contributed by atoms with van der Waals surface area (Å²) < 4.78 is 17.9. The number of nitro groups is 1. The highest BCUT2D eigenvalue weighted by molar-refractivity contribution is 7.07. The number of rotatable bonds is 10. The van der Waals surface area contributed by atoms with Gasteiger partial charge in [-0.05, 0) is 42.7 Å². The van der Waals surface area contributed by atoms with E-state index in [0.717, 1.165) is 17.8 Å². The fourth-order valence-corrected chi connectivity index (χ4v) is 5.09. The standard InChI is InChI=1S/C27H27N3O7S/c1-4-12-36-21-10-8-19(9-11-21)24-23(26(32)37-14-13-35-3)17(2)28-27-29(24)25(31)22(38-27)16-18-6-5-7-20(15-18)30(33)34/h5-11,15-16,24H,4,12-14H2,1-3H3/b22-16-. The first-order chi connectivity index (χ1) is 18.3. The van der Waals surface area contributed by atoms with E-state index in [1.54, 1.807) is 37.3 Å². The summed E-state index contributed by atoms with van der Waals surface area (Å²) in [5.74, 6) is 0.0891. The van der Waals surface area contributed by atoms with Crippen LogP contribution in [0, 0.1) is 10.1 Å². The molecule has 0 spiro atoms. The van der Waals surface area contributed by atoms with Gasteiger partial charge in [-0.1, -0.05) is 42.5 Å². The van der Waals surface area contributed by atoms with E-state index in [-0.39, 0.29) is 30.0 Å². The van der Waals surface area contributed by atoms with Crippen molar-refractivity contribution in [1.29, 1.82) is 0 Å². The van der Waals surface area contributed by atoms with Gasteiger partial charge in [0, 0.05) is 19.2 Å². The zero-order chi connectivity index (χ0) is 27.2. The first-order valence-corrected chi connectivity index (χ1v) is 12.8. The Morgan fingerprint density at radius 3 is 2.63 bits per heavy atom. The Labute approximate surface area is 222 Å². The molecule has 1 atom stereocenters. The third-order valence-electron chi connectivity index (χ3n) is 5.81. The van der Waals surface area contributed by atoms with E-state index >= 15 is 0 Å². The highest BCUT2D eigenvalue weighted by Gasteiger charge is 2.33. The van der Waals surface area contributed by atoms with E-state index in [9.17, 15) is 19.7 Å². The molecule has 3 aromatic rings. The minimum absolute atomic E-state index is 0.0554. The summed E-state index contributed by atoms with van der Waals surface area (Å²) in [6, 6.07) is 12.5. The van der Waals surface area contributed by atoms with Gasteiger partial charge in [-0.2, -0.15) is 0 Å². The molecule has 0 fully saturated rings. The lowest BCUT2D eigenvalue weighted by Crippen LogP contribution is -2.40. The van der Waals surface area contributed by atoms with Crippen molar-refractivity contribution >= 4 is 29.1 Å². The zero-order valence-electron chi connectivity index (χ0n) is 21.2. The van der Waals surface area contributed by atoms with Gasteiger partial charge in [0.15, 0.2) is 4.80 Å². The predicted octanol–water partition coefficient (Wildman–Crippen LogP) is 3.12. The van der Waals surface area contributed by atoms with Gasteiger partial charge >= 0.3 is 5.97 Å². The lowest BCUT2D eigenvalue weighted by molar-refractivity contribution is -0.384. The second-order valence-electron chi connectivity index (χ2n) is 8.48. The lowest BCUT2D eigenvalue weighted by atomic mass is 9.96. The van der Waals surface area contributed by atoms with E-state index in [0.29, 0.717) is 38.5 Å². The second kappa shape index (κ2) is 12.0. The summed E-state index contributed by atoms with van der Waals surface area (Å²) in [5, 5.41) is 11.2. The van der Waals surface area contributed by atoms with Crippen molar-refractivity contribution in [2.24, 2.45) is 4.99 Å². The number of esters is 1. The van der Waals surface area contributed by atoms with Crippen molar-refractivity contribution in [2.45, 2.75) is 26.3 Å². The normalized spacial score (nSPS) is 15.1. The maximum Gasteiger partial charge on any atom is 0.338 e. The van der Waals surface area contributed by atoms with Crippen molar-refractivity contribution in [2.75, 3.05) is 26.9 Å². The maximum absolute atomic E-state index is 13.7. The average molecular weight is 538 g/mol. The smallest absolute Gasteiger partial charge is 0.338 e. The molecule has 0 aliphatic carbocycles. The van der Waals surface area contributed by atoms with Crippen molar-refractivity contribution in [3.05, 3.63) is 101 Å². The number of hydrogen-bond acceptors (Lipinski definition) is 9. The molecule has 1 aromatic heterocycles. The maximum atomic E-state index is 13.7. The number of thiazole rings is 1. The molecule has 0 saturated heterocycles. The van der Waals surface area contributed by atoms with E-state index < -0.39 is 16.9 Å². The largest absolute Gasteiger partial charge is 0.494 e. The fourth-order valence-electron chi connectivity index (χ4n) is 4.04. The number of allylic oxidation sites excluding steroid dienone is 1. The van der Waals surface area contributed by atoms with Gasteiger partial charge in [0.2, 0.25) is 0 Å². The van der Waals surface area contributed by atoms with Crippen molar-refractivity contribution in [1.82, 2.24) is 4.57 Å². The van der Waals surface area contributed by atoms with Gasteiger partial charge in [0.1, 0.15) is 12.4 Å². The van der Waals surface area contributed by atoms with Gasteiger partial charge in [-0.3, -0.25) is 19.5 Å². The predicted molar refractivity (Wildman–Crippen MR) is 142 cm³/mol. The van der Waals surface area contributed by atoms with Crippen LogP contribution in [-0.4, -0.2) is 42.4 Å². The quantitative estimate of drug-likeness (QED) is 0.169. The van der Waals surface area contributed by atoms with E-state index in [2.05, 4.69) is 4.99 Å². The molecule has 0 amide bonds. The zero-order valence-corrected chi connectivity index (χ0v) is 22.0. The number of fused-ring (bicyclic) bond motifs is 1. The third kappa shape index (κ3) is 5.74. The Hall–Kier alpha value is -4.09. The number of non-ortho nitro benzene ring substituents is 1. The van der Waals surface area contributed by atoms with Crippen molar-refractivity contribution < 1.29 is 23.9 Å². The van der Waals surface area contributed by atoms with Crippen LogP contribution in [0.15, 0.2) is 69.6 Å². The molecular weight excluding hydrogens is 510 g/mol. The Balaban J connectivity index is 1.84. The number of hydrogen-bond donors (Lipinski definition) is 0. The van der Waals surface area contributed by atoms with Crippen LogP contribution >= 0.6 is 11.3 Å². The summed E-state index contributed by atoms with van der Waals surface area (Å²) >= 11 is 1.15. The summed E-state index contributed by atoms with van der Waals surface area (Å²) in [7, 11) is 1.51. The van der Waals surface area contributed by atoms with Crippen LogP contribution in [0.2, 0.25) is 0 Å². The number of methoxy groups -OCH3 is 1. The number of nitrogens with zero attached hydrogens (tertiary/aromatic N) is 3. The minimum Gasteiger partial charge on any atom is -0.494 e. The molecule has 0 bridgehead atoms. The van der Waals surface area contributed by atoms with E-state index in [1.807, 2.05) is 19.1 Å². The first-order valence-electron chi connectivity index (χ1n) is 12.0. The summed E-state index contributed by atoms with van der Waals surface area (Å²) in [6.45, 7) is 4.58. The van der Waals surface area contributed by atoms with Crippen LogP contribution in [-0.2, 0) is 14.3 Å². The topological polar surface area (TPSA) is 122 Å². The van der Waals surface area contributed by atoms with Gasteiger partial charge in [-0.15, -0.1) is 0 Å². The van der Waals surface area contributed by atoms with Crippen LogP contribution in [0.25, 0.3) is 6.08 Å². The lowest BCUT2D eigenvalue weighted by Gasteiger charge is -2.25. The molecule has 11 heteroatoms. The summed E-state index contributed by atoms with van der Waals surface area (Å²) in [4.78, 5) is 42.6. The first kappa shape index (κ1) is 27.0. The summed E-state index contributed by atoms with van der Waals surface area (Å²) in [6.07, 6.45) is 2.45. The molecule has 0 N–H and O–H groups in total. The molecular formula is C27H27N3O7S. The second-order valence-corrected chi connectivity index (χ2v) is 9.49. The minimum atomic E-state index is -0.784.